The third-order valence-corrected chi connectivity index (χ3v) is 4.21. The second-order valence-electron chi connectivity index (χ2n) is 6.13. The lowest BCUT2D eigenvalue weighted by Crippen LogP contribution is -2.37. The van der Waals surface area contributed by atoms with E-state index in [1.807, 2.05) is 31.2 Å². The predicted octanol–water partition coefficient (Wildman–Crippen LogP) is 0.287. The number of aryl methyl sites for hydroxylation is 2. The Balaban J connectivity index is 2.23. The summed E-state index contributed by atoms with van der Waals surface area (Å²) in [5, 5.41) is 11.7. The molecule has 2 heterocycles. The van der Waals surface area contributed by atoms with Crippen molar-refractivity contribution in [1.29, 1.82) is 0 Å². The molecule has 0 unspecified atom stereocenters. The maximum Gasteiger partial charge on any atom is 0.332 e. The van der Waals surface area contributed by atoms with Crippen molar-refractivity contribution < 1.29 is 9.90 Å². The van der Waals surface area contributed by atoms with Crippen LogP contribution >= 0.6 is 0 Å². The van der Waals surface area contributed by atoms with Crippen molar-refractivity contribution >= 4 is 23.1 Å². The van der Waals surface area contributed by atoms with Crippen molar-refractivity contribution in [1.82, 2.24) is 18.7 Å². The van der Waals surface area contributed by atoms with E-state index in [1.54, 1.807) is 4.57 Å². The summed E-state index contributed by atoms with van der Waals surface area (Å²) in [5.74, 6) is -0.831. The molecule has 26 heavy (non-hydrogen) atoms. The van der Waals surface area contributed by atoms with Gasteiger partial charge in [-0.15, -0.1) is 0 Å². The number of imidazole rings is 1. The van der Waals surface area contributed by atoms with Crippen molar-refractivity contribution in [2.45, 2.75) is 13.5 Å². The van der Waals surface area contributed by atoms with Crippen LogP contribution in [0.4, 0.5) is 5.95 Å². The smallest absolute Gasteiger partial charge is 0.332 e. The molecular formula is C17H19N5O4. The number of benzene rings is 1. The lowest BCUT2D eigenvalue weighted by atomic mass is 10.1. The Hall–Kier alpha value is -3.36. The first-order valence-corrected chi connectivity index (χ1v) is 7.97. The van der Waals surface area contributed by atoms with Crippen LogP contribution in [0.3, 0.4) is 0 Å². The molecule has 9 nitrogen and oxygen atoms in total. The van der Waals surface area contributed by atoms with Crippen molar-refractivity contribution in [3.05, 3.63) is 56.2 Å². The largest absolute Gasteiger partial charge is 0.480 e. The quantitative estimate of drug-likeness (QED) is 0.679. The maximum absolute atomic E-state index is 12.7. The minimum Gasteiger partial charge on any atom is -0.480 e. The summed E-state index contributed by atoms with van der Waals surface area (Å²) in [4.78, 5) is 40.0. The van der Waals surface area contributed by atoms with E-state index in [4.69, 9.17) is 5.11 Å². The molecule has 9 heteroatoms. The molecule has 1 aromatic carbocycles. The summed E-state index contributed by atoms with van der Waals surface area (Å²) in [6.45, 7) is 1.93. The summed E-state index contributed by atoms with van der Waals surface area (Å²) < 4.78 is 3.88. The van der Waals surface area contributed by atoms with Gasteiger partial charge in [-0.25, -0.2) is 4.79 Å². The van der Waals surface area contributed by atoms with Gasteiger partial charge in [-0.3, -0.25) is 23.3 Å². The SMILES string of the molecule is Cc1ccc(Cn2c(NCC(=O)O)nc3c2c(=O)n(C)c(=O)n3C)cc1. The van der Waals surface area contributed by atoms with Gasteiger partial charge in [-0.05, 0) is 12.5 Å². The third-order valence-electron chi connectivity index (χ3n) is 4.21. The van der Waals surface area contributed by atoms with Gasteiger partial charge in [-0.1, -0.05) is 29.8 Å². The van der Waals surface area contributed by atoms with E-state index < -0.39 is 17.2 Å². The number of anilines is 1. The molecule has 0 bridgehead atoms. The molecule has 0 amide bonds. The summed E-state index contributed by atoms with van der Waals surface area (Å²) in [5.41, 5.74) is 1.50. The fourth-order valence-corrected chi connectivity index (χ4v) is 2.77. The lowest BCUT2D eigenvalue weighted by molar-refractivity contribution is -0.134. The number of carboxylic acid groups (broad SMARTS) is 1. The van der Waals surface area contributed by atoms with Crippen LogP contribution in [0.25, 0.3) is 11.2 Å². The van der Waals surface area contributed by atoms with Crippen LogP contribution in [-0.4, -0.2) is 36.3 Å². The minimum absolute atomic E-state index is 0.207. The number of carbonyl (C=O) groups is 1. The Bertz CT molecular complexity index is 1110. The van der Waals surface area contributed by atoms with Gasteiger partial charge in [0.15, 0.2) is 11.2 Å². The lowest BCUT2D eigenvalue weighted by Gasteiger charge is -2.10. The average Bonchev–Trinajstić information content (AvgIpc) is 2.96. The topological polar surface area (TPSA) is 111 Å². The van der Waals surface area contributed by atoms with Crippen LogP contribution < -0.4 is 16.6 Å². The molecule has 3 aromatic rings. The molecule has 0 spiro atoms. The first-order valence-electron chi connectivity index (χ1n) is 7.97. The van der Waals surface area contributed by atoms with Gasteiger partial charge < -0.3 is 10.4 Å². The van der Waals surface area contributed by atoms with Gasteiger partial charge in [0.2, 0.25) is 5.95 Å². The molecular weight excluding hydrogens is 338 g/mol. The summed E-state index contributed by atoms with van der Waals surface area (Å²) in [6.07, 6.45) is 0. The van der Waals surface area contributed by atoms with Crippen LogP contribution in [-0.2, 0) is 25.4 Å². The molecule has 0 aliphatic heterocycles. The maximum atomic E-state index is 12.7. The van der Waals surface area contributed by atoms with Crippen molar-refractivity contribution in [3.63, 3.8) is 0 Å². The molecule has 0 aliphatic rings. The number of fused-ring (bicyclic) bond motifs is 1. The number of hydrogen-bond donors (Lipinski definition) is 2. The average molecular weight is 357 g/mol. The minimum atomic E-state index is -1.05. The van der Waals surface area contributed by atoms with Crippen LogP contribution in [0.2, 0.25) is 0 Å². The number of carboxylic acids is 1. The predicted molar refractivity (Wildman–Crippen MR) is 96.6 cm³/mol. The molecule has 0 radical (unpaired) electrons. The zero-order valence-corrected chi connectivity index (χ0v) is 14.7. The molecule has 0 saturated heterocycles. The molecule has 0 saturated carbocycles. The first-order chi connectivity index (χ1) is 12.3. The van der Waals surface area contributed by atoms with E-state index in [2.05, 4.69) is 10.3 Å². The van der Waals surface area contributed by atoms with E-state index in [1.165, 1.54) is 18.7 Å². The highest BCUT2D eigenvalue weighted by atomic mass is 16.4. The number of aromatic nitrogens is 4. The van der Waals surface area contributed by atoms with Crippen LogP contribution in [0, 0.1) is 6.92 Å². The number of hydrogen-bond acceptors (Lipinski definition) is 5. The Kier molecular flexibility index (Phi) is 4.37. The summed E-state index contributed by atoms with van der Waals surface area (Å²) in [7, 11) is 2.92. The van der Waals surface area contributed by atoms with E-state index >= 15 is 0 Å². The normalized spacial score (nSPS) is 11.0. The Morgan fingerprint density at radius 1 is 1.15 bits per heavy atom. The molecule has 2 N–H and O–H groups in total. The third kappa shape index (κ3) is 2.99. The number of aliphatic carboxylic acids is 1. The van der Waals surface area contributed by atoms with Gasteiger partial charge in [0.1, 0.15) is 6.54 Å². The van der Waals surface area contributed by atoms with Gasteiger partial charge in [0.25, 0.3) is 5.56 Å². The van der Waals surface area contributed by atoms with Crippen LogP contribution in [0.1, 0.15) is 11.1 Å². The molecule has 3 rings (SSSR count). The Labute approximate surface area is 148 Å². The summed E-state index contributed by atoms with van der Waals surface area (Å²) in [6, 6.07) is 7.75. The van der Waals surface area contributed by atoms with Crippen molar-refractivity contribution in [2.75, 3.05) is 11.9 Å². The van der Waals surface area contributed by atoms with E-state index in [0.717, 1.165) is 15.7 Å². The molecule has 0 atom stereocenters. The zero-order chi connectivity index (χ0) is 19.0. The van der Waals surface area contributed by atoms with Gasteiger partial charge >= 0.3 is 11.7 Å². The second-order valence-corrected chi connectivity index (χ2v) is 6.13. The van der Waals surface area contributed by atoms with E-state index in [-0.39, 0.29) is 23.7 Å². The van der Waals surface area contributed by atoms with Crippen molar-refractivity contribution in [2.24, 2.45) is 14.1 Å². The molecule has 0 aliphatic carbocycles. The highest BCUT2D eigenvalue weighted by Crippen LogP contribution is 2.18. The monoisotopic (exact) mass is 357 g/mol. The fourth-order valence-electron chi connectivity index (χ4n) is 2.77. The standard InChI is InChI=1S/C17H19N5O4/c1-10-4-6-11(7-5-10)9-22-13-14(19-16(22)18-8-12(23)24)20(2)17(26)21(3)15(13)25/h4-7H,8-9H2,1-3H3,(H,18,19)(H,23,24). The highest BCUT2D eigenvalue weighted by molar-refractivity contribution is 5.77. The second kappa shape index (κ2) is 6.51. The highest BCUT2D eigenvalue weighted by Gasteiger charge is 2.19. The molecule has 0 fully saturated rings. The molecule has 136 valence electrons. The van der Waals surface area contributed by atoms with Gasteiger partial charge in [0, 0.05) is 14.1 Å². The van der Waals surface area contributed by atoms with E-state index in [0.29, 0.717) is 6.54 Å². The fraction of sp³-hybridized carbons (Fsp3) is 0.294. The number of nitrogens with one attached hydrogen (secondary N) is 1. The van der Waals surface area contributed by atoms with Crippen LogP contribution in [0.5, 0.6) is 0 Å². The summed E-state index contributed by atoms with van der Waals surface area (Å²) >= 11 is 0. The van der Waals surface area contributed by atoms with Crippen molar-refractivity contribution in [3.8, 4) is 0 Å². The Morgan fingerprint density at radius 2 is 1.81 bits per heavy atom. The first kappa shape index (κ1) is 17.5. The zero-order valence-electron chi connectivity index (χ0n) is 14.7. The van der Waals surface area contributed by atoms with Gasteiger partial charge in [0.05, 0.1) is 6.54 Å². The van der Waals surface area contributed by atoms with Gasteiger partial charge in [-0.2, -0.15) is 4.98 Å². The molecule has 2 aromatic heterocycles. The van der Waals surface area contributed by atoms with E-state index in [9.17, 15) is 14.4 Å². The van der Waals surface area contributed by atoms with Crippen LogP contribution in [0.15, 0.2) is 33.9 Å². The Morgan fingerprint density at radius 3 is 2.42 bits per heavy atom. The number of rotatable bonds is 5. The number of nitrogens with zero attached hydrogens (tertiary/aromatic N) is 4.